The third kappa shape index (κ3) is 4.01. The van der Waals surface area contributed by atoms with Gasteiger partial charge in [-0.05, 0) is 46.5 Å². The van der Waals surface area contributed by atoms with Crippen molar-refractivity contribution in [2.75, 3.05) is 11.5 Å². The first kappa shape index (κ1) is 21.0. The molecule has 6 rings (SSSR count). The summed E-state index contributed by atoms with van der Waals surface area (Å²) in [7, 11) is 0. The topological polar surface area (TPSA) is 119 Å². The largest absolute Gasteiger partial charge is 0.444 e. The minimum Gasteiger partial charge on any atom is -0.444 e. The lowest BCUT2D eigenvalue weighted by atomic mass is 10.1. The summed E-state index contributed by atoms with van der Waals surface area (Å²) in [5, 5.41) is 4.90. The third-order valence-corrected chi connectivity index (χ3v) is 8.39. The molecule has 0 spiro atoms. The third-order valence-electron chi connectivity index (χ3n) is 6.32. The van der Waals surface area contributed by atoms with Crippen LogP contribution in [0.2, 0.25) is 0 Å². The van der Waals surface area contributed by atoms with Crippen LogP contribution in [0, 0.1) is 0 Å². The summed E-state index contributed by atoms with van der Waals surface area (Å²) in [5.74, 6) is 0. The van der Waals surface area contributed by atoms with Gasteiger partial charge in [0.2, 0.25) is 0 Å². The monoisotopic (exact) mass is 462 g/mol. The first-order valence-electron chi connectivity index (χ1n) is 11.0. The Hall–Kier alpha value is -1.91. The number of hydrogen-bond acceptors (Lipinski definition) is 9. The van der Waals surface area contributed by atoms with E-state index in [1.165, 1.54) is 34.7 Å². The Morgan fingerprint density at radius 1 is 1.03 bits per heavy atom. The normalized spacial score (nSPS) is 27.9. The number of ether oxygens (including phenoxy) is 1. The van der Waals surface area contributed by atoms with E-state index in [0.717, 1.165) is 41.4 Å². The quantitative estimate of drug-likeness (QED) is 0.545. The van der Waals surface area contributed by atoms with Gasteiger partial charge in [-0.2, -0.15) is 0 Å². The number of nitrogens with one attached hydrogen (secondary N) is 1. The molecule has 2 saturated heterocycles. The predicted molar refractivity (Wildman–Crippen MR) is 123 cm³/mol. The van der Waals surface area contributed by atoms with E-state index in [1.54, 1.807) is 11.3 Å². The lowest BCUT2D eigenvalue weighted by molar-refractivity contribution is 0.0127. The van der Waals surface area contributed by atoms with Crippen LogP contribution in [0.25, 0.3) is 0 Å². The van der Waals surface area contributed by atoms with Crippen LogP contribution in [0.1, 0.15) is 79.7 Å². The number of thiazole rings is 2. The SMILES string of the molecule is CC(C)(C)OC(=O)N1[C@H]2CC[C@@H]1c1sc(N)nc1C2.Nc1nc2c(s1)[C@H]1CC[C@@H](C2)N1. The molecule has 2 aromatic rings. The van der Waals surface area contributed by atoms with E-state index in [0.29, 0.717) is 17.2 Å². The number of fused-ring (bicyclic) bond motifs is 8. The highest BCUT2D eigenvalue weighted by atomic mass is 32.1. The van der Waals surface area contributed by atoms with E-state index >= 15 is 0 Å². The standard InChI is InChI=1S/C13H19N3O2S.C8H11N3S/c1-13(2,3)18-12(17)16-7-4-5-9(16)10-8(6-7)15-11(14)19-10;9-8-11-6-3-4-1-2-5(10-4)7(6)12-8/h7,9H,4-6H2,1-3H3,(H2,14,15);4-5,10H,1-3H2,(H2,9,11)/t7-,9+;4-,5+/m00/s1. The summed E-state index contributed by atoms with van der Waals surface area (Å²) < 4.78 is 5.52. The van der Waals surface area contributed by atoms with Crippen molar-refractivity contribution in [3.05, 3.63) is 21.1 Å². The van der Waals surface area contributed by atoms with E-state index in [-0.39, 0.29) is 18.2 Å². The fourth-order valence-electron chi connectivity index (χ4n) is 5.17. The summed E-state index contributed by atoms with van der Waals surface area (Å²) >= 11 is 3.16. The highest BCUT2D eigenvalue weighted by Gasteiger charge is 2.46. The number of nitrogens with zero attached hydrogens (tertiary/aromatic N) is 3. The van der Waals surface area contributed by atoms with Crippen LogP contribution in [0.3, 0.4) is 0 Å². The van der Waals surface area contributed by atoms with Crippen molar-refractivity contribution >= 4 is 39.0 Å². The van der Waals surface area contributed by atoms with Gasteiger partial charge in [0.1, 0.15) is 5.60 Å². The van der Waals surface area contributed by atoms with Crippen LogP contribution < -0.4 is 16.8 Å². The zero-order valence-electron chi connectivity index (χ0n) is 18.2. The molecule has 4 bridgehead atoms. The molecule has 0 radical (unpaired) electrons. The number of rotatable bonds is 0. The Morgan fingerprint density at radius 3 is 2.42 bits per heavy atom. The number of carbonyl (C=O) groups is 1. The molecule has 10 heteroatoms. The highest BCUT2D eigenvalue weighted by Crippen LogP contribution is 2.47. The van der Waals surface area contributed by atoms with E-state index in [4.69, 9.17) is 16.2 Å². The van der Waals surface area contributed by atoms with Gasteiger partial charge in [0.15, 0.2) is 10.3 Å². The number of anilines is 2. The second-order valence-corrected chi connectivity index (χ2v) is 11.9. The van der Waals surface area contributed by atoms with Gasteiger partial charge in [-0.1, -0.05) is 11.3 Å². The maximum atomic E-state index is 12.3. The number of nitrogen functional groups attached to an aromatic ring is 2. The molecule has 0 unspecified atom stereocenters. The van der Waals surface area contributed by atoms with E-state index in [2.05, 4.69) is 15.3 Å². The Kier molecular flexibility index (Phi) is 5.14. The molecule has 0 aromatic carbocycles. The molecular weight excluding hydrogens is 432 g/mol. The van der Waals surface area contributed by atoms with Crippen molar-refractivity contribution in [3.63, 3.8) is 0 Å². The molecule has 1 amide bonds. The van der Waals surface area contributed by atoms with Gasteiger partial charge in [-0.25, -0.2) is 14.8 Å². The van der Waals surface area contributed by atoms with Gasteiger partial charge in [-0.15, -0.1) is 11.3 Å². The molecule has 4 atom stereocenters. The molecule has 0 aliphatic carbocycles. The van der Waals surface area contributed by atoms with Crippen LogP contribution in [0.5, 0.6) is 0 Å². The minimum absolute atomic E-state index is 0.110. The average molecular weight is 463 g/mol. The van der Waals surface area contributed by atoms with Gasteiger partial charge < -0.3 is 21.5 Å². The van der Waals surface area contributed by atoms with E-state index in [1.807, 2.05) is 25.7 Å². The number of aromatic nitrogens is 2. The number of hydrogen-bond donors (Lipinski definition) is 3. The molecule has 6 heterocycles. The van der Waals surface area contributed by atoms with Crippen LogP contribution in [-0.4, -0.2) is 38.6 Å². The number of amides is 1. The summed E-state index contributed by atoms with van der Waals surface area (Å²) in [6.45, 7) is 5.69. The molecule has 4 aliphatic heterocycles. The molecule has 168 valence electrons. The van der Waals surface area contributed by atoms with Crippen molar-refractivity contribution in [2.45, 2.75) is 89.1 Å². The fourth-order valence-corrected chi connectivity index (χ4v) is 7.12. The smallest absolute Gasteiger partial charge is 0.411 e. The lowest BCUT2D eigenvalue weighted by Crippen LogP contribution is -2.44. The Morgan fingerprint density at radius 2 is 1.71 bits per heavy atom. The van der Waals surface area contributed by atoms with Crippen LogP contribution in [0.15, 0.2) is 0 Å². The van der Waals surface area contributed by atoms with Crippen LogP contribution in [-0.2, 0) is 17.6 Å². The predicted octanol–water partition coefficient (Wildman–Crippen LogP) is 3.80. The molecule has 2 aromatic heterocycles. The molecule has 4 aliphatic rings. The van der Waals surface area contributed by atoms with Gasteiger partial charge in [0.25, 0.3) is 0 Å². The van der Waals surface area contributed by atoms with Crippen molar-refractivity contribution in [1.29, 1.82) is 0 Å². The summed E-state index contributed by atoms with van der Waals surface area (Å²) in [5.41, 5.74) is 13.3. The molecule has 8 nitrogen and oxygen atoms in total. The molecule has 5 N–H and O–H groups in total. The Bertz CT molecular complexity index is 997. The second-order valence-electron chi connectivity index (χ2n) is 9.76. The molecule has 31 heavy (non-hydrogen) atoms. The number of nitrogens with two attached hydrogens (primary N) is 2. The minimum atomic E-state index is -0.455. The Labute approximate surface area is 190 Å². The van der Waals surface area contributed by atoms with E-state index in [9.17, 15) is 4.79 Å². The van der Waals surface area contributed by atoms with Gasteiger partial charge >= 0.3 is 6.09 Å². The van der Waals surface area contributed by atoms with Gasteiger partial charge in [-0.3, -0.25) is 4.90 Å². The Balaban J connectivity index is 0.000000145. The molecular formula is C21H30N6O2S2. The van der Waals surface area contributed by atoms with E-state index < -0.39 is 5.60 Å². The van der Waals surface area contributed by atoms with Crippen LogP contribution >= 0.6 is 22.7 Å². The summed E-state index contributed by atoms with van der Waals surface area (Å²) in [4.78, 5) is 25.5. The zero-order chi connectivity index (χ0) is 21.9. The summed E-state index contributed by atoms with van der Waals surface area (Å²) in [6, 6.07) is 1.56. The zero-order valence-corrected chi connectivity index (χ0v) is 19.8. The average Bonchev–Trinajstić information content (AvgIpc) is 3.40. The summed E-state index contributed by atoms with van der Waals surface area (Å²) in [6.07, 6.45) is 6.24. The van der Waals surface area contributed by atoms with Gasteiger partial charge in [0.05, 0.1) is 22.3 Å². The maximum absolute atomic E-state index is 12.3. The highest BCUT2D eigenvalue weighted by molar-refractivity contribution is 7.15. The van der Waals surface area contributed by atoms with Crippen molar-refractivity contribution in [3.8, 4) is 0 Å². The number of carbonyl (C=O) groups excluding carboxylic acids is 1. The van der Waals surface area contributed by atoms with Gasteiger partial charge in [0, 0.05) is 35.8 Å². The van der Waals surface area contributed by atoms with Crippen molar-refractivity contribution in [2.24, 2.45) is 0 Å². The maximum Gasteiger partial charge on any atom is 0.411 e. The first-order valence-corrected chi connectivity index (χ1v) is 12.6. The fraction of sp³-hybridized carbons (Fsp3) is 0.667. The molecule has 0 saturated carbocycles. The second kappa shape index (κ2) is 7.60. The van der Waals surface area contributed by atoms with Crippen molar-refractivity contribution in [1.82, 2.24) is 20.2 Å². The van der Waals surface area contributed by atoms with Crippen molar-refractivity contribution < 1.29 is 9.53 Å². The first-order chi connectivity index (χ1) is 14.7. The molecule has 2 fully saturated rings. The van der Waals surface area contributed by atoms with Crippen LogP contribution in [0.4, 0.5) is 15.1 Å². The lowest BCUT2D eigenvalue weighted by Gasteiger charge is -2.35.